The van der Waals surface area contributed by atoms with Crippen LogP contribution in [0.3, 0.4) is 0 Å². The maximum Gasteiger partial charge on any atom is 0.254 e. The molecule has 0 aliphatic heterocycles. The molecule has 78 valence electrons. The number of aromatic nitrogens is 1. The summed E-state index contributed by atoms with van der Waals surface area (Å²) in [4.78, 5) is 11.7. The summed E-state index contributed by atoms with van der Waals surface area (Å²) in [5.41, 5.74) is 0.740. The average Bonchev–Trinajstić information content (AvgIpc) is 2.21. The lowest BCUT2D eigenvalue weighted by atomic mass is 10.2. The summed E-state index contributed by atoms with van der Waals surface area (Å²) in [6, 6.07) is 3.66. The van der Waals surface area contributed by atoms with E-state index in [0.717, 1.165) is 19.4 Å². The molecule has 0 unspecified atom stereocenters. The van der Waals surface area contributed by atoms with E-state index in [1.165, 1.54) is 6.42 Å². The Hall–Kier alpha value is -0.760. The van der Waals surface area contributed by atoms with Crippen molar-refractivity contribution < 1.29 is 0 Å². The van der Waals surface area contributed by atoms with Gasteiger partial charge >= 0.3 is 0 Å². The number of nitrogens with zero attached hydrogens (tertiary/aromatic N) is 1. The van der Waals surface area contributed by atoms with Gasteiger partial charge in [0.1, 0.15) is 0 Å². The lowest BCUT2D eigenvalue weighted by Gasteiger charge is -2.05. The van der Waals surface area contributed by atoms with E-state index in [9.17, 15) is 4.79 Å². The van der Waals surface area contributed by atoms with Crippen molar-refractivity contribution in [3.63, 3.8) is 0 Å². The highest BCUT2D eigenvalue weighted by atomic mass is 35.5. The highest BCUT2D eigenvalue weighted by molar-refractivity contribution is 6.17. The number of hydrogen-bond donors (Lipinski definition) is 0. The first kappa shape index (κ1) is 11.3. The Morgan fingerprint density at radius 1 is 1.43 bits per heavy atom. The first-order chi connectivity index (χ1) is 6.79. The first-order valence-corrected chi connectivity index (χ1v) is 5.57. The molecule has 1 heterocycles. The van der Waals surface area contributed by atoms with Crippen molar-refractivity contribution in [3.05, 3.63) is 34.2 Å². The third-order valence-electron chi connectivity index (χ3n) is 2.25. The Labute approximate surface area is 89.5 Å². The van der Waals surface area contributed by atoms with Crippen molar-refractivity contribution in [1.29, 1.82) is 0 Å². The van der Waals surface area contributed by atoms with Crippen LogP contribution in [0.4, 0.5) is 0 Å². The molecule has 0 saturated carbocycles. The van der Waals surface area contributed by atoms with Crippen LogP contribution in [0.1, 0.15) is 31.7 Å². The van der Waals surface area contributed by atoms with Gasteiger partial charge in [-0.2, -0.15) is 0 Å². The maximum absolute atomic E-state index is 11.7. The predicted octanol–water partition coefficient (Wildman–Crippen LogP) is 2.78. The van der Waals surface area contributed by atoms with Crippen LogP contribution < -0.4 is 5.56 Å². The molecular weight excluding hydrogens is 198 g/mol. The molecule has 0 fully saturated rings. The van der Waals surface area contributed by atoms with E-state index in [1.807, 2.05) is 12.3 Å². The number of rotatable bonds is 5. The molecular formula is C11H16ClNO. The summed E-state index contributed by atoms with van der Waals surface area (Å²) in [5, 5.41) is 0. The van der Waals surface area contributed by atoms with Crippen LogP contribution >= 0.6 is 11.6 Å². The zero-order chi connectivity index (χ0) is 10.4. The molecule has 1 aromatic heterocycles. The second kappa shape index (κ2) is 5.86. The quantitative estimate of drug-likeness (QED) is 0.545. The van der Waals surface area contributed by atoms with Gasteiger partial charge in [-0.15, -0.1) is 11.6 Å². The Morgan fingerprint density at radius 3 is 2.86 bits per heavy atom. The van der Waals surface area contributed by atoms with Crippen LogP contribution in [0.5, 0.6) is 0 Å². The van der Waals surface area contributed by atoms with Gasteiger partial charge in [0.05, 0.1) is 5.88 Å². The predicted molar refractivity (Wildman–Crippen MR) is 59.8 cm³/mol. The van der Waals surface area contributed by atoms with Gasteiger partial charge in [0.15, 0.2) is 0 Å². The minimum atomic E-state index is 0.0543. The van der Waals surface area contributed by atoms with Crippen molar-refractivity contribution >= 4 is 11.6 Å². The molecule has 0 atom stereocenters. The summed E-state index contributed by atoms with van der Waals surface area (Å²) in [5.74, 6) is 0.299. The van der Waals surface area contributed by atoms with Crippen LogP contribution in [-0.4, -0.2) is 4.57 Å². The third-order valence-corrected chi connectivity index (χ3v) is 2.53. The number of unbranched alkanes of at least 4 members (excludes halogenated alkanes) is 2. The van der Waals surface area contributed by atoms with E-state index in [-0.39, 0.29) is 5.56 Å². The lowest BCUT2D eigenvalue weighted by molar-refractivity contribution is 0.585. The molecule has 1 rings (SSSR count). The summed E-state index contributed by atoms with van der Waals surface area (Å²) in [6.07, 6.45) is 5.22. The Balaban J connectivity index is 2.72. The normalized spacial score (nSPS) is 10.4. The van der Waals surface area contributed by atoms with Gasteiger partial charge in [0, 0.05) is 18.3 Å². The van der Waals surface area contributed by atoms with Crippen molar-refractivity contribution in [2.24, 2.45) is 0 Å². The van der Waals surface area contributed by atoms with E-state index in [4.69, 9.17) is 11.6 Å². The highest BCUT2D eigenvalue weighted by Crippen LogP contribution is 1.99. The smallest absolute Gasteiger partial charge is 0.254 e. The second-order valence-electron chi connectivity index (χ2n) is 3.37. The number of alkyl halides is 1. The zero-order valence-corrected chi connectivity index (χ0v) is 9.26. The molecule has 0 bridgehead atoms. The summed E-state index contributed by atoms with van der Waals surface area (Å²) >= 11 is 5.65. The molecule has 0 aromatic carbocycles. The highest BCUT2D eigenvalue weighted by Gasteiger charge is 2.00. The molecule has 0 aliphatic carbocycles. The van der Waals surface area contributed by atoms with Crippen LogP contribution in [0.15, 0.2) is 23.1 Å². The number of halogens is 1. The van der Waals surface area contributed by atoms with E-state index < -0.39 is 0 Å². The van der Waals surface area contributed by atoms with Crippen LogP contribution in [-0.2, 0) is 12.4 Å². The van der Waals surface area contributed by atoms with Gasteiger partial charge in [-0.25, -0.2) is 0 Å². The molecule has 0 N–H and O–H groups in total. The molecule has 0 saturated heterocycles. The summed E-state index contributed by atoms with van der Waals surface area (Å²) in [6.45, 7) is 2.95. The van der Waals surface area contributed by atoms with Crippen molar-refractivity contribution in [2.45, 2.75) is 38.6 Å². The van der Waals surface area contributed by atoms with Gasteiger partial charge in [0.25, 0.3) is 5.56 Å². The molecule has 1 aromatic rings. The van der Waals surface area contributed by atoms with Crippen LogP contribution in [0.25, 0.3) is 0 Å². The number of aryl methyl sites for hydroxylation is 1. The standard InChI is InChI=1S/C11H16ClNO/c1-2-3-4-7-13-8-5-6-10(9-12)11(13)14/h5-6,8H,2-4,7,9H2,1H3. The summed E-state index contributed by atoms with van der Waals surface area (Å²) in [7, 11) is 0. The topological polar surface area (TPSA) is 22.0 Å². The first-order valence-electron chi connectivity index (χ1n) is 5.04. The summed E-state index contributed by atoms with van der Waals surface area (Å²) < 4.78 is 1.74. The Bertz CT molecular complexity index is 332. The minimum Gasteiger partial charge on any atom is -0.315 e. The van der Waals surface area contributed by atoms with Crippen molar-refractivity contribution in [2.75, 3.05) is 0 Å². The largest absolute Gasteiger partial charge is 0.315 e. The second-order valence-corrected chi connectivity index (χ2v) is 3.64. The maximum atomic E-state index is 11.7. The molecule has 14 heavy (non-hydrogen) atoms. The molecule has 2 nitrogen and oxygen atoms in total. The number of hydrogen-bond acceptors (Lipinski definition) is 1. The molecule has 0 radical (unpaired) electrons. The molecule has 0 spiro atoms. The van der Waals surface area contributed by atoms with E-state index in [1.54, 1.807) is 10.6 Å². The van der Waals surface area contributed by atoms with Crippen molar-refractivity contribution in [1.82, 2.24) is 4.57 Å². The monoisotopic (exact) mass is 213 g/mol. The zero-order valence-electron chi connectivity index (χ0n) is 8.50. The van der Waals surface area contributed by atoms with E-state index in [2.05, 4.69) is 6.92 Å². The average molecular weight is 214 g/mol. The van der Waals surface area contributed by atoms with Crippen LogP contribution in [0.2, 0.25) is 0 Å². The van der Waals surface area contributed by atoms with Crippen molar-refractivity contribution in [3.8, 4) is 0 Å². The molecule has 0 aliphatic rings. The van der Waals surface area contributed by atoms with Gasteiger partial charge in [-0.3, -0.25) is 4.79 Å². The van der Waals surface area contributed by atoms with Gasteiger partial charge in [-0.05, 0) is 12.5 Å². The number of pyridine rings is 1. The minimum absolute atomic E-state index is 0.0543. The Morgan fingerprint density at radius 2 is 2.21 bits per heavy atom. The third kappa shape index (κ3) is 2.88. The van der Waals surface area contributed by atoms with Crippen LogP contribution in [0, 0.1) is 0 Å². The Kier molecular flexibility index (Phi) is 4.74. The van der Waals surface area contributed by atoms with Gasteiger partial charge < -0.3 is 4.57 Å². The fraction of sp³-hybridized carbons (Fsp3) is 0.545. The molecule has 3 heteroatoms. The molecule has 0 amide bonds. The van der Waals surface area contributed by atoms with E-state index >= 15 is 0 Å². The lowest BCUT2D eigenvalue weighted by Crippen LogP contribution is -2.22. The fourth-order valence-corrected chi connectivity index (χ4v) is 1.60. The van der Waals surface area contributed by atoms with E-state index in [0.29, 0.717) is 11.4 Å². The SMILES string of the molecule is CCCCCn1cccc(CCl)c1=O. The van der Waals surface area contributed by atoms with Gasteiger partial charge in [0.2, 0.25) is 0 Å². The van der Waals surface area contributed by atoms with Gasteiger partial charge in [-0.1, -0.05) is 25.8 Å². The fourth-order valence-electron chi connectivity index (χ4n) is 1.40.